The maximum Gasteiger partial charge on any atom is 0.149 e. The average Bonchev–Trinajstić information content (AvgIpc) is 2.53. The van der Waals surface area contributed by atoms with Gasteiger partial charge in [0.1, 0.15) is 16.5 Å². The Labute approximate surface area is 130 Å². The summed E-state index contributed by atoms with van der Waals surface area (Å²) in [6.07, 6.45) is 0. The Kier molecular flexibility index (Phi) is 5.10. The van der Waals surface area contributed by atoms with Crippen LogP contribution in [0.15, 0.2) is 36.4 Å². The Bertz CT molecular complexity index is 628. The summed E-state index contributed by atoms with van der Waals surface area (Å²) >= 11 is 6.36. The van der Waals surface area contributed by atoms with E-state index >= 15 is 0 Å². The first-order valence-corrected chi connectivity index (χ1v) is 7.18. The number of ether oxygens (including phenoxy) is 2. The monoisotopic (exact) mass is 305 g/mol. The SMILES string of the molecule is CNC(C)c1ccccc1-c1ccc(OC)c(Cl)c1OC. The Hall–Kier alpha value is -1.71. The van der Waals surface area contributed by atoms with Crippen molar-refractivity contribution in [1.82, 2.24) is 5.32 Å². The summed E-state index contributed by atoms with van der Waals surface area (Å²) in [7, 11) is 5.16. The van der Waals surface area contributed by atoms with Crippen molar-refractivity contribution in [2.24, 2.45) is 0 Å². The fraction of sp³-hybridized carbons (Fsp3) is 0.294. The molecule has 0 spiro atoms. The second-order valence-electron chi connectivity index (χ2n) is 4.76. The van der Waals surface area contributed by atoms with E-state index in [1.807, 2.05) is 31.3 Å². The molecular formula is C17H20ClNO2. The Morgan fingerprint density at radius 2 is 1.71 bits per heavy atom. The number of halogens is 1. The maximum absolute atomic E-state index is 6.36. The molecule has 0 radical (unpaired) electrons. The van der Waals surface area contributed by atoms with Gasteiger partial charge < -0.3 is 14.8 Å². The highest BCUT2D eigenvalue weighted by Gasteiger charge is 2.18. The molecule has 2 aromatic rings. The van der Waals surface area contributed by atoms with Gasteiger partial charge >= 0.3 is 0 Å². The molecule has 2 rings (SSSR count). The summed E-state index contributed by atoms with van der Waals surface area (Å²) < 4.78 is 10.8. The van der Waals surface area contributed by atoms with Gasteiger partial charge in [-0.25, -0.2) is 0 Å². The molecule has 0 aliphatic heterocycles. The molecule has 0 saturated heterocycles. The molecule has 4 heteroatoms. The van der Waals surface area contributed by atoms with Crippen molar-refractivity contribution in [3.8, 4) is 22.6 Å². The van der Waals surface area contributed by atoms with Crippen molar-refractivity contribution in [2.45, 2.75) is 13.0 Å². The first-order chi connectivity index (χ1) is 10.1. The van der Waals surface area contributed by atoms with Gasteiger partial charge in [0.25, 0.3) is 0 Å². The molecule has 1 unspecified atom stereocenters. The lowest BCUT2D eigenvalue weighted by molar-refractivity contribution is 0.396. The standard InChI is InChI=1S/C17H20ClNO2/c1-11(19-2)12-7-5-6-8-13(12)14-9-10-15(20-3)16(18)17(14)21-4/h5-11,19H,1-4H3. The summed E-state index contributed by atoms with van der Waals surface area (Å²) in [5, 5.41) is 3.76. The highest BCUT2D eigenvalue weighted by Crippen LogP contribution is 2.43. The van der Waals surface area contributed by atoms with Crippen LogP contribution in [0.5, 0.6) is 11.5 Å². The van der Waals surface area contributed by atoms with Gasteiger partial charge in [0.2, 0.25) is 0 Å². The van der Waals surface area contributed by atoms with E-state index in [9.17, 15) is 0 Å². The van der Waals surface area contributed by atoms with E-state index in [-0.39, 0.29) is 6.04 Å². The molecule has 0 saturated carbocycles. The molecule has 1 atom stereocenters. The second kappa shape index (κ2) is 6.83. The number of rotatable bonds is 5. The molecule has 0 heterocycles. The van der Waals surface area contributed by atoms with Crippen LogP contribution in [0.25, 0.3) is 11.1 Å². The molecule has 1 N–H and O–H groups in total. The van der Waals surface area contributed by atoms with Gasteiger partial charge in [-0.15, -0.1) is 0 Å². The zero-order valence-corrected chi connectivity index (χ0v) is 13.5. The number of nitrogens with one attached hydrogen (secondary N) is 1. The summed E-state index contributed by atoms with van der Waals surface area (Å²) in [6, 6.07) is 12.3. The van der Waals surface area contributed by atoms with Crippen LogP contribution >= 0.6 is 11.6 Å². The Morgan fingerprint density at radius 1 is 1.00 bits per heavy atom. The number of hydrogen-bond acceptors (Lipinski definition) is 3. The van der Waals surface area contributed by atoms with Crippen LogP contribution in [0.2, 0.25) is 5.02 Å². The Morgan fingerprint density at radius 3 is 2.33 bits per heavy atom. The first kappa shape index (κ1) is 15.7. The van der Waals surface area contributed by atoms with Crippen LogP contribution in [0.1, 0.15) is 18.5 Å². The zero-order chi connectivity index (χ0) is 15.4. The van der Waals surface area contributed by atoms with E-state index in [0.29, 0.717) is 16.5 Å². The molecule has 21 heavy (non-hydrogen) atoms. The minimum atomic E-state index is 0.229. The molecule has 3 nitrogen and oxygen atoms in total. The van der Waals surface area contributed by atoms with Crippen LogP contribution in [0.4, 0.5) is 0 Å². The summed E-state index contributed by atoms with van der Waals surface area (Å²) in [6.45, 7) is 2.12. The second-order valence-corrected chi connectivity index (χ2v) is 5.14. The molecule has 0 amide bonds. The van der Waals surface area contributed by atoms with Crippen molar-refractivity contribution in [2.75, 3.05) is 21.3 Å². The predicted molar refractivity (Wildman–Crippen MR) is 87.5 cm³/mol. The molecule has 0 fully saturated rings. The molecule has 0 aliphatic rings. The van der Waals surface area contributed by atoms with E-state index in [1.165, 1.54) is 5.56 Å². The third-order valence-corrected chi connectivity index (χ3v) is 3.99. The van der Waals surface area contributed by atoms with Gasteiger partial charge in [0, 0.05) is 11.6 Å². The van der Waals surface area contributed by atoms with Gasteiger partial charge in [0.15, 0.2) is 0 Å². The average molecular weight is 306 g/mol. The zero-order valence-electron chi connectivity index (χ0n) is 12.7. The summed E-state index contributed by atoms with van der Waals surface area (Å²) in [5.41, 5.74) is 3.25. The highest BCUT2D eigenvalue weighted by atomic mass is 35.5. The third-order valence-electron chi connectivity index (χ3n) is 3.64. The number of hydrogen-bond donors (Lipinski definition) is 1. The molecular weight excluding hydrogens is 286 g/mol. The van der Waals surface area contributed by atoms with Gasteiger partial charge in [-0.1, -0.05) is 35.9 Å². The quantitative estimate of drug-likeness (QED) is 0.893. The van der Waals surface area contributed by atoms with Crippen molar-refractivity contribution in [3.05, 3.63) is 47.0 Å². The summed E-state index contributed by atoms with van der Waals surface area (Å²) in [5.74, 6) is 1.24. The molecule has 0 bridgehead atoms. The number of methoxy groups -OCH3 is 2. The van der Waals surface area contributed by atoms with Gasteiger partial charge in [-0.05, 0) is 37.2 Å². The van der Waals surface area contributed by atoms with Gasteiger partial charge in [0.05, 0.1) is 14.2 Å². The fourth-order valence-electron chi connectivity index (χ4n) is 2.38. The van der Waals surface area contributed by atoms with Crippen molar-refractivity contribution in [1.29, 1.82) is 0 Å². The van der Waals surface area contributed by atoms with E-state index in [0.717, 1.165) is 11.1 Å². The minimum Gasteiger partial charge on any atom is -0.495 e. The van der Waals surface area contributed by atoms with Crippen LogP contribution < -0.4 is 14.8 Å². The largest absolute Gasteiger partial charge is 0.495 e. The topological polar surface area (TPSA) is 30.5 Å². The van der Waals surface area contributed by atoms with Gasteiger partial charge in [-0.2, -0.15) is 0 Å². The maximum atomic E-state index is 6.36. The van der Waals surface area contributed by atoms with Crippen LogP contribution in [0.3, 0.4) is 0 Å². The fourth-order valence-corrected chi connectivity index (χ4v) is 2.70. The predicted octanol–water partition coefficient (Wildman–Crippen LogP) is 4.30. The van der Waals surface area contributed by atoms with Crippen LogP contribution in [-0.2, 0) is 0 Å². The third kappa shape index (κ3) is 2.99. The first-order valence-electron chi connectivity index (χ1n) is 6.81. The van der Waals surface area contributed by atoms with E-state index in [4.69, 9.17) is 21.1 Å². The molecule has 0 aliphatic carbocycles. The smallest absolute Gasteiger partial charge is 0.149 e. The minimum absolute atomic E-state index is 0.229. The van der Waals surface area contributed by atoms with E-state index < -0.39 is 0 Å². The normalized spacial score (nSPS) is 12.0. The summed E-state index contributed by atoms with van der Waals surface area (Å²) in [4.78, 5) is 0. The van der Waals surface area contributed by atoms with E-state index in [1.54, 1.807) is 14.2 Å². The molecule has 0 aromatic heterocycles. The molecule has 2 aromatic carbocycles. The Balaban J connectivity index is 2.65. The lowest BCUT2D eigenvalue weighted by Crippen LogP contribution is -2.13. The van der Waals surface area contributed by atoms with E-state index in [2.05, 4.69) is 24.4 Å². The van der Waals surface area contributed by atoms with Crippen molar-refractivity contribution >= 4 is 11.6 Å². The molecule has 112 valence electrons. The number of benzene rings is 2. The van der Waals surface area contributed by atoms with Gasteiger partial charge in [-0.3, -0.25) is 0 Å². The van der Waals surface area contributed by atoms with Crippen LogP contribution in [0, 0.1) is 0 Å². The lowest BCUT2D eigenvalue weighted by atomic mass is 9.95. The van der Waals surface area contributed by atoms with Crippen molar-refractivity contribution in [3.63, 3.8) is 0 Å². The van der Waals surface area contributed by atoms with Crippen LogP contribution in [-0.4, -0.2) is 21.3 Å². The van der Waals surface area contributed by atoms with Crippen molar-refractivity contribution < 1.29 is 9.47 Å². The lowest BCUT2D eigenvalue weighted by Gasteiger charge is -2.19. The highest BCUT2D eigenvalue weighted by molar-refractivity contribution is 6.34.